The molecule has 8 heteroatoms. The van der Waals surface area contributed by atoms with Gasteiger partial charge in [0.05, 0.1) is 23.5 Å². The number of nitrogens with zero attached hydrogens (tertiary/aromatic N) is 4. The largest absolute Gasteiger partial charge is 0.506 e. The average molecular weight is 490 g/mol. The third kappa shape index (κ3) is 4.02. The van der Waals surface area contributed by atoms with Gasteiger partial charge >= 0.3 is 0 Å². The summed E-state index contributed by atoms with van der Waals surface area (Å²) in [4.78, 5) is 10.8. The smallest absolute Gasteiger partial charge is 0.174 e. The predicted octanol–water partition coefficient (Wildman–Crippen LogP) is 5.48. The van der Waals surface area contributed by atoms with Crippen molar-refractivity contribution in [2.24, 2.45) is 0 Å². The molecule has 6 nitrogen and oxygen atoms in total. The van der Waals surface area contributed by atoms with E-state index in [2.05, 4.69) is 45.8 Å². The van der Waals surface area contributed by atoms with Crippen LogP contribution in [0.3, 0.4) is 0 Å². The van der Waals surface area contributed by atoms with Gasteiger partial charge in [-0.3, -0.25) is 9.97 Å². The van der Waals surface area contributed by atoms with E-state index in [-0.39, 0.29) is 17.8 Å². The van der Waals surface area contributed by atoms with Crippen molar-refractivity contribution in [1.82, 2.24) is 19.9 Å². The average Bonchev–Trinajstić information content (AvgIpc) is 3.32. The molecule has 0 bridgehead atoms. The Bertz CT molecular complexity index is 1340. The highest BCUT2D eigenvalue weighted by molar-refractivity contribution is 7.80. The van der Waals surface area contributed by atoms with Crippen molar-refractivity contribution in [3.8, 4) is 5.75 Å². The highest BCUT2D eigenvalue weighted by Gasteiger charge is 2.43. The molecule has 4 aromatic rings. The van der Waals surface area contributed by atoms with E-state index >= 15 is 0 Å². The zero-order valence-corrected chi connectivity index (χ0v) is 20.4. The van der Waals surface area contributed by atoms with Crippen molar-refractivity contribution < 1.29 is 5.11 Å². The number of nitrogens with one attached hydrogen (secondary N) is 1. The maximum Gasteiger partial charge on any atom is 0.174 e. The molecular formula is C26H24ClN5OS. The molecule has 0 spiro atoms. The molecule has 0 aliphatic carbocycles. The second kappa shape index (κ2) is 9.08. The van der Waals surface area contributed by atoms with Gasteiger partial charge in [-0.25, -0.2) is 0 Å². The quantitative estimate of drug-likeness (QED) is 0.362. The molecule has 34 heavy (non-hydrogen) atoms. The molecule has 0 unspecified atom stereocenters. The molecule has 2 N–H and O–H groups in total. The molecule has 4 heterocycles. The van der Waals surface area contributed by atoms with Crippen LogP contribution in [0.15, 0.2) is 73.2 Å². The zero-order chi connectivity index (χ0) is 23.8. The van der Waals surface area contributed by atoms with Crippen LogP contribution in [0.1, 0.15) is 40.3 Å². The molecule has 1 aliphatic rings. The third-order valence-corrected chi connectivity index (χ3v) is 6.84. The lowest BCUT2D eigenvalue weighted by Crippen LogP contribution is -2.29. The van der Waals surface area contributed by atoms with E-state index in [4.69, 9.17) is 23.8 Å². The van der Waals surface area contributed by atoms with E-state index in [0.717, 1.165) is 28.2 Å². The predicted molar refractivity (Wildman–Crippen MR) is 138 cm³/mol. The molecule has 5 rings (SSSR count). The summed E-state index contributed by atoms with van der Waals surface area (Å²) in [5.41, 5.74) is 5.90. The number of hydrogen-bond donors (Lipinski definition) is 2. The van der Waals surface area contributed by atoms with Crippen molar-refractivity contribution >= 4 is 34.6 Å². The monoisotopic (exact) mass is 489 g/mol. The second-order valence-electron chi connectivity index (χ2n) is 8.40. The maximum atomic E-state index is 10.7. The van der Waals surface area contributed by atoms with Crippen molar-refractivity contribution in [3.05, 3.63) is 106 Å². The summed E-state index contributed by atoms with van der Waals surface area (Å²) in [7, 11) is 0. The number of benzene rings is 1. The summed E-state index contributed by atoms with van der Waals surface area (Å²) in [6.07, 6.45) is 5.45. The van der Waals surface area contributed by atoms with Gasteiger partial charge in [-0.05, 0) is 79.7 Å². The molecule has 1 fully saturated rings. The fourth-order valence-electron chi connectivity index (χ4n) is 4.66. The Kier molecular flexibility index (Phi) is 5.98. The Balaban J connectivity index is 1.65. The number of phenols is 1. The highest BCUT2D eigenvalue weighted by atomic mass is 35.5. The SMILES string of the molecule is Cc1cc([C@H]2[C@@H](c3ccccn3)NC(=S)N2c2cc(Cl)ccc2O)c(C)n1Cc1cccnc1. The molecule has 0 saturated carbocycles. The number of hydrogen-bond acceptors (Lipinski definition) is 4. The summed E-state index contributed by atoms with van der Waals surface area (Å²) in [5, 5.41) is 15.2. The summed E-state index contributed by atoms with van der Waals surface area (Å²) in [6, 6.07) is 16.6. The topological polar surface area (TPSA) is 66.2 Å². The number of pyridine rings is 2. The Morgan fingerprint density at radius 3 is 2.68 bits per heavy atom. The standard InChI is InChI=1S/C26H24ClN5OS/c1-16-12-20(17(2)31(16)15-18-6-5-10-28-14-18)25-24(21-7-3-4-11-29-21)30-26(34)32(25)22-13-19(27)8-9-23(22)33/h3-14,24-25,33H,15H2,1-2H3,(H,30,34)/t24-,25+/m1/s1. The normalized spacial score (nSPS) is 17.7. The Labute approximate surface area is 208 Å². The Morgan fingerprint density at radius 1 is 1.09 bits per heavy atom. The van der Waals surface area contributed by atoms with Gasteiger partial charge in [-0.1, -0.05) is 23.7 Å². The van der Waals surface area contributed by atoms with Crippen LogP contribution in [-0.4, -0.2) is 24.8 Å². The van der Waals surface area contributed by atoms with Gasteiger partial charge in [-0.2, -0.15) is 0 Å². The first-order valence-corrected chi connectivity index (χ1v) is 11.8. The first kappa shape index (κ1) is 22.4. The van der Waals surface area contributed by atoms with Crippen molar-refractivity contribution in [3.63, 3.8) is 0 Å². The number of rotatable bonds is 5. The first-order valence-electron chi connectivity index (χ1n) is 11.0. The summed E-state index contributed by atoms with van der Waals surface area (Å²) in [5.74, 6) is 0.115. The van der Waals surface area contributed by atoms with Gasteiger partial charge in [-0.15, -0.1) is 0 Å². The van der Waals surface area contributed by atoms with Gasteiger partial charge in [0, 0.05) is 41.5 Å². The summed E-state index contributed by atoms with van der Waals surface area (Å²) >= 11 is 12.1. The van der Waals surface area contributed by atoms with Crippen LogP contribution >= 0.6 is 23.8 Å². The number of aromatic nitrogens is 3. The molecule has 3 aromatic heterocycles. The van der Waals surface area contributed by atoms with Gasteiger partial charge in [0.2, 0.25) is 0 Å². The van der Waals surface area contributed by atoms with Gasteiger partial charge in [0.25, 0.3) is 0 Å². The van der Waals surface area contributed by atoms with E-state index in [9.17, 15) is 5.11 Å². The van der Waals surface area contributed by atoms with E-state index in [1.807, 2.05) is 35.4 Å². The number of halogens is 1. The van der Waals surface area contributed by atoms with E-state index in [0.29, 0.717) is 22.4 Å². The van der Waals surface area contributed by atoms with Crippen LogP contribution < -0.4 is 10.2 Å². The summed E-state index contributed by atoms with van der Waals surface area (Å²) in [6.45, 7) is 4.93. The van der Waals surface area contributed by atoms with Crippen LogP contribution in [0.2, 0.25) is 5.02 Å². The lowest BCUT2D eigenvalue weighted by molar-refractivity contribution is 0.472. The Hall–Kier alpha value is -3.42. The number of thiocarbonyl (C=S) groups is 1. The molecule has 172 valence electrons. The van der Waals surface area contributed by atoms with Crippen molar-refractivity contribution in [2.45, 2.75) is 32.5 Å². The number of aryl methyl sites for hydroxylation is 1. The number of anilines is 1. The lowest BCUT2D eigenvalue weighted by atomic mass is 9.96. The minimum Gasteiger partial charge on any atom is -0.506 e. The number of phenolic OH excluding ortho intramolecular Hbond substituents is 1. The van der Waals surface area contributed by atoms with Crippen LogP contribution in [-0.2, 0) is 6.54 Å². The lowest BCUT2D eigenvalue weighted by Gasteiger charge is -2.28. The second-order valence-corrected chi connectivity index (χ2v) is 9.23. The molecule has 0 radical (unpaired) electrons. The Morgan fingerprint density at radius 2 is 1.94 bits per heavy atom. The fraction of sp³-hybridized carbons (Fsp3) is 0.192. The molecule has 2 atom stereocenters. The molecule has 1 saturated heterocycles. The minimum atomic E-state index is -0.236. The van der Waals surface area contributed by atoms with Gasteiger partial charge < -0.3 is 19.9 Å². The van der Waals surface area contributed by atoms with Crippen LogP contribution in [0.5, 0.6) is 5.75 Å². The third-order valence-electron chi connectivity index (χ3n) is 6.29. The maximum absolute atomic E-state index is 10.7. The summed E-state index contributed by atoms with van der Waals surface area (Å²) < 4.78 is 2.28. The van der Waals surface area contributed by atoms with Crippen molar-refractivity contribution in [1.29, 1.82) is 0 Å². The molecule has 1 aromatic carbocycles. The number of aromatic hydroxyl groups is 1. The molecule has 1 aliphatic heterocycles. The van der Waals surface area contributed by atoms with Crippen LogP contribution in [0.4, 0.5) is 5.69 Å². The minimum absolute atomic E-state index is 0.115. The molecule has 0 amide bonds. The van der Waals surface area contributed by atoms with Gasteiger partial charge in [0.1, 0.15) is 5.75 Å². The van der Waals surface area contributed by atoms with E-state index < -0.39 is 0 Å². The zero-order valence-electron chi connectivity index (χ0n) is 18.8. The van der Waals surface area contributed by atoms with E-state index in [1.165, 1.54) is 0 Å². The van der Waals surface area contributed by atoms with Gasteiger partial charge in [0.15, 0.2) is 5.11 Å². The highest BCUT2D eigenvalue weighted by Crippen LogP contribution is 2.46. The first-order chi connectivity index (χ1) is 16.4. The van der Waals surface area contributed by atoms with Crippen LogP contribution in [0, 0.1) is 13.8 Å². The van der Waals surface area contributed by atoms with Crippen LogP contribution in [0.25, 0.3) is 0 Å². The van der Waals surface area contributed by atoms with Crippen molar-refractivity contribution in [2.75, 3.05) is 4.90 Å². The van der Waals surface area contributed by atoms with E-state index in [1.54, 1.807) is 30.6 Å². The molecular weight excluding hydrogens is 466 g/mol. The fourth-order valence-corrected chi connectivity index (χ4v) is 5.17.